The lowest BCUT2D eigenvalue weighted by Crippen LogP contribution is -2.36. The second-order valence-corrected chi connectivity index (χ2v) is 10.6. The maximum absolute atomic E-state index is 14.2. The molecule has 38 heavy (non-hydrogen) atoms. The highest BCUT2D eigenvalue weighted by atomic mass is 79.9. The Kier molecular flexibility index (Phi) is 12.9. The monoisotopic (exact) mass is 617 g/mol. The molecule has 2 aromatic carbocycles. The van der Waals surface area contributed by atoms with Gasteiger partial charge in [-0.1, -0.05) is 22.0 Å². The highest BCUT2D eigenvalue weighted by Gasteiger charge is 2.44. The van der Waals surface area contributed by atoms with Gasteiger partial charge in [0.25, 0.3) is 0 Å². The highest BCUT2D eigenvalue weighted by molar-refractivity contribution is 9.10. The van der Waals surface area contributed by atoms with E-state index in [9.17, 15) is 9.36 Å². The largest absolute Gasteiger partial charge is 0.493 e. The number of methoxy groups -OCH3 is 4. The average Bonchev–Trinajstić information content (AvgIpc) is 2.91. The van der Waals surface area contributed by atoms with Crippen molar-refractivity contribution in [3.8, 4) is 23.0 Å². The van der Waals surface area contributed by atoms with Crippen molar-refractivity contribution in [1.29, 1.82) is 0 Å². The summed E-state index contributed by atoms with van der Waals surface area (Å²) in [5, 5.41) is 0. The number of esters is 1. The molecule has 0 aliphatic carbocycles. The third-order valence-corrected chi connectivity index (χ3v) is 8.50. The molecule has 12 heteroatoms. The van der Waals surface area contributed by atoms with Crippen LogP contribution < -0.4 is 18.9 Å². The van der Waals surface area contributed by atoms with E-state index < -0.39 is 19.8 Å². The predicted octanol–water partition coefficient (Wildman–Crippen LogP) is 5.81. The lowest BCUT2D eigenvalue weighted by atomic mass is 10.0. The predicted molar refractivity (Wildman–Crippen MR) is 147 cm³/mol. The molecule has 0 saturated heterocycles. The van der Waals surface area contributed by atoms with Gasteiger partial charge in [-0.15, -0.1) is 0 Å². The molecular weight excluding hydrogens is 581 g/mol. The fourth-order valence-electron chi connectivity index (χ4n) is 3.89. The molecule has 0 spiro atoms. The van der Waals surface area contributed by atoms with Gasteiger partial charge in [0, 0.05) is 11.0 Å². The summed E-state index contributed by atoms with van der Waals surface area (Å²) < 4.78 is 54.7. The summed E-state index contributed by atoms with van der Waals surface area (Å²) >= 11 is 3.54. The van der Waals surface area contributed by atoms with Crippen molar-refractivity contribution in [3.05, 3.63) is 45.9 Å². The zero-order valence-corrected chi connectivity index (χ0v) is 25.4. The fraction of sp³-hybridized carbons (Fsp3) is 0.500. The molecule has 0 amide bonds. The lowest BCUT2D eigenvalue weighted by molar-refractivity contribution is -0.148. The molecule has 0 saturated carbocycles. The van der Waals surface area contributed by atoms with E-state index in [1.54, 1.807) is 53.2 Å². The van der Waals surface area contributed by atoms with Gasteiger partial charge < -0.3 is 23.7 Å². The molecule has 0 bridgehead atoms. The number of nitrogens with zero attached hydrogens (tertiary/aromatic N) is 1. The molecule has 0 heterocycles. The molecule has 1 unspecified atom stereocenters. The number of hydrogen-bond donors (Lipinski definition) is 0. The van der Waals surface area contributed by atoms with Crippen LogP contribution in [-0.4, -0.2) is 65.4 Å². The van der Waals surface area contributed by atoms with Gasteiger partial charge in [-0.25, -0.2) is 9.36 Å². The Morgan fingerprint density at radius 3 is 1.92 bits per heavy atom. The Labute approximate surface area is 233 Å². The maximum Gasteiger partial charge on any atom is 0.409 e. The zero-order valence-electron chi connectivity index (χ0n) is 22.9. The minimum atomic E-state index is -3.98. The Bertz CT molecular complexity index is 1100. The summed E-state index contributed by atoms with van der Waals surface area (Å²) in [6.45, 7) is 5.58. The number of halogens is 1. The van der Waals surface area contributed by atoms with Crippen molar-refractivity contribution >= 4 is 29.6 Å². The number of carbonyl (C=O) groups excluding carboxylic acids is 1. The summed E-state index contributed by atoms with van der Waals surface area (Å²) in [5.41, 5.74) is 1.31. The standard InChI is InChI=1S/C26H37BrNO9P/c1-8-35-26(29)25(19-16-23(33-6)24(34-7)17-20(19)27)28(38(30,36-9-2)37-10-3)14-13-18-11-12-21(31-4)22(15-18)32-5/h11-12,15-17,25H,8-10,13-14H2,1-7H3. The van der Waals surface area contributed by atoms with Gasteiger partial charge in [0.1, 0.15) is 6.04 Å². The van der Waals surface area contributed by atoms with Crippen LogP contribution in [0, 0.1) is 0 Å². The molecule has 2 aromatic rings. The topological polar surface area (TPSA) is 102 Å². The maximum atomic E-state index is 14.2. The molecule has 0 fully saturated rings. The van der Waals surface area contributed by atoms with Gasteiger partial charge in [0.05, 0.1) is 48.3 Å². The van der Waals surface area contributed by atoms with Gasteiger partial charge in [-0.2, -0.15) is 4.67 Å². The molecule has 212 valence electrons. The Morgan fingerprint density at radius 1 is 0.842 bits per heavy atom. The molecule has 10 nitrogen and oxygen atoms in total. The van der Waals surface area contributed by atoms with E-state index in [0.717, 1.165) is 5.56 Å². The molecule has 0 aromatic heterocycles. The van der Waals surface area contributed by atoms with Gasteiger partial charge in [-0.05, 0) is 62.6 Å². The number of benzene rings is 2. The third-order valence-electron chi connectivity index (χ3n) is 5.58. The smallest absolute Gasteiger partial charge is 0.409 e. The van der Waals surface area contributed by atoms with E-state index in [1.807, 2.05) is 12.1 Å². The van der Waals surface area contributed by atoms with E-state index in [4.69, 9.17) is 32.7 Å². The van der Waals surface area contributed by atoms with Crippen LogP contribution in [0.2, 0.25) is 0 Å². The summed E-state index contributed by atoms with van der Waals surface area (Å²) in [4.78, 5) is 13.5. The molecule has 0 aliphatic rings. The SMILES string of the molecule is CCOC(=O)C(c1cc(OC)c(OC)cc1Br)N(CCc1ccc(OC)c(OC)c1)P(=O)(OCC)OCC. The Hall–Kier alpha value is -2.30. The van der Waals surface area contributed by atoms with Crippen LogP contribution in [0.25, 0.3) is 0 Å². The molecule has 0 aliphatic heterocycles. The van der Waals surface area contributed by atoms with Crippen molar-refractivity contribution in [2.24, 2.45) is 0 Å². The zero-order chi connectivity index (χ0) is 28.3. The van der Waals surface area contributed by atoms with Gasteiger partial charge >= 0.3 is 13.7 Å². The molecule has 0 radical (unpaired) electrons. The van der Waals surface area contributed by atoms with Crippen molar-refractivity contribution in [2.75, 3.05) is 54.8 Å². The summed E-state index contributed by atoms with van der Waals surface area (Å²) in [7, 11) is 2.14. The first-order chi connectivity index (χ1) is 18.2. The van der Waals surface area contributed by atoms with Gasteiger partial charge in [-0.3, -0.25) is 9.05 Å². The van der Waals surface area contributed by atoms with E-state index in [-0.39, 0.29) is 26.4 Å². The summed E-state index contributed by atoms with van der Waals surface area (Å²) in [5.74, 6) is 1.37. The third kappa shape index (κ3) is 7.64. The summed E-state index contributed by atoms with van der Waals surface area (Å²) in [6, 6.07) is 7.66. The van der Waals surface area contributed by atoms with Crippen LogP contribution >= 0.6 is 23.7 Å². The second kappa shape index (κ2) is 15.3. The highest BCUT2D eigenvalue weighted by Crippen LogP contribution is 2.57. The minimum absolute atomic E-state index is 0.104. The van der Waals surface area contributed by atoms with Crippen LogP contribution in [0.1, 0.15) is 37.9 Å². The average molecular weight is 618 g/mol. The van der Waals surface area contributed by atoms with Crippen LogP contribution in [0.4, 0.5) is 0 Å². The van der Waals surface area contributed by atoms with Crippen molar-refractivity contribution in [2.45, 2.75) is 33.2 Å². The molecule has 2 rings (SSSR count). The number of carbonyl (C=O) groups is 1. The normalized spacial score (nSPS) is 12.2. The molecular formula is C26H37BrNO9P. The van der Waals surface area contributed by atoms with Crippen LogP contribution in [0.15, 0.2) is 34.8 Å². The first kappa shape index (κ1) is 31.9. The lowest BCUT2D eigenvalue weighted by Gasteiger charge is -2.35. The number of ether oxygens (including phenoxy) is 5. The minimum Gasteiger partial charge on any atom is -0.493 e. The van der Waals surface area contributed by atoms with E-state index in [1.165, 1.54) is 18.9 Å². The van der Waals surface area contributed by atoms with Crippen molar-refractivity contribution in [1.82, 2.24) is 4.67 Å². The van der Waals surface area contributed by atoms with E-state index in [2.05, 4.69) is 15.9 Å². The first-order valence-corrected chi connectivity index (χ1v) is 14.5. The number of hydrogen-bond acceptors (Lipinski definition) is 9. The van der Waals surface area contributed by atoms with Crippen LogP contribution in [0.3, 0.4) is 0 Å². The van der Waals surface area contributed by atoms with Gasteiger partial charge in [0.2, 0.25) is 0 Å². The molecule has 0 N–H and O–H groups in total. The van der Waals surface area contributed by atoms with E-state index in [0.29, 0.717) is 39.5 Å². The molecule has 1 atom stereocenters. The first-order valence-electron chi connectivity index (χ1n) is 12.2. The van der Waals surface area contributed by atoms with Crippen LogP contribution in [-0.2, 0) is 29.6 Å². The quantitative estimate of drug-likeness (QED) is 0.169. The summed E-state index contributed by atoms with van der Waals surface area (Å²) in [6.07, 6.45) is 0.380. The fourth-order valence-corrected chi connectivity index (χ4v) is 6.30. The second-order valence-electron chi connectivity index (χ2n) is 7.79. The van der Waals surface area contributed by atoms with Crippen LogP contribution in [0.5, 0.6) is 23.0 Å². The Balaban J connectivity index is 2.69. The van der Waals surface area contributed by atoms with Crippen molar-refractivity contribution < 1.29 is 42.1 Å². The van der Waals surface area contributed by atoms with E-state index >= 15 is 0 Å². The number of rotatable bonds is 16. The van der Waals surface area contributed by atoms with Crippen molar-refractivity contribution in [3.63, 3.8) is 0 Å². The Morgan fingerprint density at radius 2 is 1.39 bits per heavy atom. The van der Waals surface area contributed by atoms with Gasteiger partial charge in [0.15, 0.2) is 23.0 Å².